The predicted octanol–water partition coefficient (Wildman–Crippen LogP) is 2.17. The summed E-state index contributed by atoms with van der Waals surface area (Å²) >= 11 is 0. The fraction of sp³-hybridized carbons (Fsp3) is 0.688. The summed E-state index contributed by atoms with van der Waals surface area (Å²) in [5.41, 5.74) is 0. The summed E-state index contributed by atoms with van der Waals surface area (Å²) in [5, 5.41) is 3.94. The highest BCUT2D eigenvalue weighted by Gasteiger charge is 2.24. The van der Waals surface area contributed by atoms with E-state index in [1.54, 1.807) is 7.11 Å². The van der Waals surface area contributed by atoms with Crippen LogP contribution in [0.5, 0.6) is 0 Å². The molecule has 0 unspecified atom stereocenters. The minimum Gasteiger partial charge on any atom is -0.377 e. The number of rotatable bonds is 7. The van der Waals surface area contributed by atoms with Gasteiger partial charge in [0.1, 0.15) is 12.4 Å². The van der Waals surface area contributed by atoms with Crippen molar-refractivity contribution in [3.63, 3.8) is 0 Å². The third kappa shape index (κ3) is 4.17. The molecule has 1 saturated heterocycles. The summed E-state index contributed by atoms with van der Waals surface area (Å²) in [4.78, 5) is 11.2. The summed E-state index contributed by atoms with van der Waals surface area (Å²) in [6, 6.07) is 0.559. The molecule has 0 amide bonds. The molecule has 0 radical (unpaired) electrons. The van der Waals surface area contributed by atoms with Crippen LogP contribution in [-0.4, -0.2) is 44.3 Å². The Kier molecular flexibility index (Phi) is 5.40. The average molecular weight is 319 g/mol. The molecule has 2 aromatic heterocycles. The first kappa shape index (κ1) is 16.1. The SMILES string of the molecule is COCc1noc(CN2CCCC[C@H]2CCn2ccnc2C)n1. The van der Waals surface area contributed by atoms with E-state index in [0.29, 0.717) is 24.4 Å². The fourth-order valence-corrected chi connectivity index (χ4v) is 3.24. The second-order valence-corrected chi connectivity index (χ2v) is 6.11. The summed E-state index contributed by atoms with van der Waals surface area (Å²) in [6.45, 7) is 5.27. The van der Waals surface area contributed by atoms with Gasteiger partial charge in [-0.05, 0) is 32.7 Å². The number of ether oxygens (including phenoxy) is 1. The maximum absolute atomic E-state index is 5.34. The van der Waals surface area contributed by atoms with Gasteiger partial charge in [0.25, 0.3) is 0 Å². The Bertz CT molecular complexity index is 609. The molecule has 126 valence electrons. The average Bonchev–Trinajstić information content (AvgIpc) is 3.16. The van der Waals surface area contributed by atoms with Crippen molar-refractivity contribution >= 4 is 0 Å². The minimum absolute atomic E-state index is 0.396. The summed E-state index contributed by atoms with van der Waals surface area (Å²) in [6.07, 6.45) is 8.80. The van der Waals surface area contributed by atoms with Gasteiger partial charge in [-0.15, -0.1) is 0 Å². The second kappa shape index (κ2) is 7.70. The maximum Gasteiger partial charge on any atom is 0.240 e. The smallest absolute Gasteiger partial charge is 0.240 e. The van der Waals surface area contributed by atoms with Crippen LogP contribution in [0.3, 0.4) is 0 Å². The van der Waals surface area contributed by atoms with Crippen LogP contribution >= 0.6 is 0 Å². The lowest BCUT2D eigenvalue weighted by Gasteiger charge is -2.34. The second-order valence-electron chi connectivity index (χ2n) is 6.11. The molecule has 0 spiro atoms. The zero-order valence-corrected chi connectivity index (χ0v) is 13.9. The molecule has 0 aliphatic carbocycles. The number of imidazole rings is 1. The van der Waals surface area contributed by atoms with Crippen LogP contribution in [0.2, 0.25) is 0 Å². The van der Waals surface area contributed by atoms with Crippen LogP contribution in [0, 0.1) is 6.92 Å². The highest BCUT2D eigenvalue weighted by atomic mass is 16.5. The van der Waals surface area contributed by atoms with Gasteiger partial charge in [0, 0.05) is 32.1 Å². The van der Waals surface area contributed by atoms with Crippen LogP contribution in [0.25, 0.3) is 0 Å². The quantitative estimate of drug-likeness (QED) is 0.779. The van der Waals surface area contributed by atoms with Crippen molar-refractivity contribution in [3.8, 4) is 0 Å². The van der Waals surface area contributed by atoms with Crippen molar-refractivity contribution in [2.45, 2.75) is 58.3 Å². The number of nitrogens with zero attached hydrogens (tertiary/aromatic N) is 5. The molecule has 1 atom stereocenters. The van der Waals surface area contributed by atoms with Gasteiger partial charge in [-0.2, -0.15) is 4.98 Å². The van der Waals surface area contributed by atoms with Crippen molar-refractivity contribution in [1.82, 2.24) is 24.6 Å². The van der Waals surface area contributed by atoms with Gasteiger partial charge in [0.2, 0.25) is 5.89 Å². The lowest BCUT2D eigenvalue weighted by atomic mass is 9.99. The van der Waals surface area contributed by atoms with Crippen molar-refractivity contribution in [2.24, 2.45) is 0 Å². The topological polar surface area (TPSA) is 69.2 Å². The van der Waals surface area contributed by atoms with Crippen LogP contribution in [0.15, 0.2) is 16.9 Å². The first-order chi connectivity index (χ1) is 11.3. The van der Waals surface area contributed by atoms with E-state index < -0.39 is 0 Å². The van der Waals surface area contributed by atoms with Gasteiger partial charge < -0.3 is 13.8 Å². The third-order valence-corrected chi connectivity index (χ3v) is 4.50. The molecular weight excluding hydrogens is 294 g/mol. The Morgan fingerprint density at radius 3 is 3.09 bits per heavy atom. The van der Waals surface area contributed by atoms with E-state index in [1.165, 1.54) is 19.3 Å². The Labute approximate surface area is 136 Å². The van der Waals surface area contributed by atoms with E-state index in [0.717, 1.165) is 31.9 Å². The normalized spacial score (nSPS) is 19.3. The molecule has 23 heavy (non-hydrogen) atoms. The fourth-order valence-electron chi connectivity index (χ4n) is 3.24. The zero-order chi connectivity index (χ0) is 16.1. The molecule has 1 aliphatic heterocycles. The summed E-state index contributed by atoms with van der Waals surface area (Å²) in [5.74, 6) is 2.38. The first-order valence-corrected chi connectivity index (χ1v) is 8.28. The number of hydrogen-bond acceptors (Lipinski definition) is 6. The van der Waals surface area contributed by atoms with Crippen molar-refractivity contribution in [2.75, 3.05) is 13.7 Å². The number of aromatic nitrogens is 4. The molecule has 0 saturated carbocycles. The van der Waals surface area contributed by atoms with E-state index in [4.69, 9.17) is 9.26 Å². The molecule has 0 bridgehead atoms. The molecule has 1 aliphatic rings. The largest absolute Gasteiger partial charge is 0.377 e. The van der Waals surface area contributed by atoms with E-state index >= 15 is 0 Å². The van der Waals surface area contributed by atoms with Crippen LogP contribution in [0.4, 0.5) is 0 Å². The molecule has 3 rings (SSSR count). The molecule has 0 aromatic carbocycles. The minimum atomic E-state index is 0.396. The molecule has 1 fully saturated rings. The molecule has 0 N–H and O–H groups in total. The third-order valence-electron chi connectivity index (χ3n) is 4.50. The van der Waals surface area contributed by atoms with E-state index in [9.17, 15) is 0 Å². The van der Waals surface area contributed by atoms with Gasteiger partial charge in [-0.25, -0.2) is 4.98 Å². The Balaban J connectivity index is 1.58. The highest BCUT2D eigenvalue weighted by Crippen LogP contribution is 2.22. The van der Waals surface area contributed by atoms with Crippen LogP contribution in [-0.2, 0) is 24.4 Å². The molecular formula is C16H25N5O2. The number of aryl methyl sites for hydroxylation is 2. The number of methoxy groups -OCH3 is 1. The van der Waals surface area contributed by atoms with Gasteiger partial charge in [-0.3, -0.25) is 4.90 Å². The molecule has 7 heteroatoms. The Morgan fingerprint density at radius 1 is 1.39 bits per heavy atom. The Hall–Kier alpha value is -1.73. The molecule has 7 nitrogen and oxygen atoms in total. The van der Waals surface area contributed by atoms with E-state index in [1.807, 2.05) is 6.20 Å². The monoisotopic (exact) mass is 319 g/mol. The van der Waals surface area contributed by atoms with Crippen molar-refractivity contribution < 1.29 is 9.26 Å². The number of hydrogen-bond donors (Lipinski definition) is 0. The van der Waals surface area contributed by atoms with Gasteiger partial charge in [-0.1, -0.05) is 11.6 Å². The standard InChI is InChI=1S/C16H25N5O2/c1-13-17-7-10-20(13)9-6-14-5-3-4-8-21(14)11-16-18-15(12-22-2)19-23-16/h7,10,14H,3-6,8-9,11-12H2,1-2H3/t14-/m0/s1. The van der Waals surface area contributed by atoms with E-state index in [-0.39, 0.29) is 0 Å². The molecule has 3 heterocycles. The van der Waals surface area contributed by atoms with Gasteiger partial charge >= 0.3 is 0 Å². The van der Waals surface area contributed by atoms with Gasteiger partial charge in [0.15, 0.2) is 5.82 Å². The van der Waals surface area contributed by atoms with Crippen LogP contribution < -0.4 is 0 Å². The van der Waals surface area contributed by atoms with Crippen molar-refractivity contribution in [1.29, 1.82) is 0 Å². The number of likely N-dealkylation sites (tertiary alicyclic amines) is 1. The summed E-state index contributed by atoms with van der Waals surface area (Å²) < 4.78 is 12.6. The highest BCUT2D eigenvalue weighted by molar-refractivity contribution is 4.90. The number of piperidine rings is 1. The van der Waals surface area contributed by atoms with E-state index in [2.05, 4.69) is 37.7 Å². The Morgan fingerprint density at radius 2 is 2.30 bits per heavy atom. The lowest BCUT2D eigenvalue weighted by Crippen LogP contribution is -2.39. The predicted molar refractivity (Wildman–Crippen MR) is 84.6 cm³/mol. The first-order valence-electron chi connectivity index (χ1n) is 8.28. The van der Waals surface area contributed by atoms with Crippen LogP contribution in [0.1, 0.15) is 43.2 Å². The maximum atomic E-state index is 5.34. The molecule has 2 aromatic rings. The van der Waals surface area contributed by atoms with Crippen molar-refractivity contribution in [3.05, 3.63) is 29.9 Å². The summed E-state index contributed by atoms with van der Waals surface area (Å²) in [7, 11) is 1.63. The zero-order valence-electron chi connectivity index (χ0n) is 13.9. The van der Waals surface area contributed by atoms with Gasteiger partial charge in [0.05, 0.1) is 6.54 Å². The lowest BCUT2D eigenvalue weighted by molar-refractivity contribution is 0.113.